The highest BCUT2D eigenvalue weighted by Crippen LogP contribution is 2.23. The summed E-state index contributed by atoms with van der Waals surface area (Å²) in [5.74, 6) is 0.0841. The van der Waals surface area contributed by atoms with E-state index in [1.807, 2.05) is 54.8 Å². The summed E-state index contributed by atoms with van der Waals surface area (Å²) < 4.78 is 13.1. The summed E-state index contributed by atoms with van der Waals surface area (Å²) in [6, 6.07) is 11.3. The number of rotatable bonds is 8. The zero-order chi connectivity index (χ0) is 21.8. The Bertz CT molecular complexity index is 1050. The van der Waals surface area contributed by atoms with Crippen molar-refractivity contribution >= 4 is 17.4 Å². The summed E-state index contributed by atoms with van der Waals surface area (Å²) in [6.45, 7) is 7.67. The number of amides is 1. The van der Waals surface area contributed by atoms with Gasteiger partial charge in [-0.05, 0) is 44.5 Å². The van der Waals surface area contributed by atoms with Crippen molar-refractivity contribution in [2.24, 2.45) is 0 Å². The Kier molecular flexibility index (Phi) is 6.20. The van der Waals surface area contributed by atoms with Crippen molar-refractivity contribution in [1.29, 1.82) is 0 Å². The van der Waals surface area contributed by atoms with E-state index in [4.69, 9.17) is 9.47 Å². The molecule has 1 aliphatic heterocycles. The van der Waals surface area contributed by atoms with Crippen LogP contribution in [0.1, 0.15) is 44.0 Å². The van der Waals surface area contributed by atoms with Crippen LogP contribution < -0.4 is 10.6 Å². The predicted molar refractivity (Wildman–Crippen MR) is 119 cm³/mol. The van der Waals surface area contributed by atoms with E-state index in [2.05, 4.69) is 27.6 Å². The van der Waals surface area contributed by atoms with Crippen molar-refractivity contribution in [3.63, 3.8) is 0 Å². The Morgan fingerprint density at radius 3 is 2.74 bits per heavy atom. The average Bonchev–Trinajstić information content (AvgIpc) is 3.34. The van der Waals surface area contributed by atoms with Gasteiger partial charge in [-0.2, -0.15) is 0 Å². The second-order valence-corrected chi connectivity index (χ2v) is 8.15. The van der Waals surface area contributed by atoms with Crippen LogP contribution in [0.5, 0.6) is 0 Å². The van der Waals surface area contributed by atoms with E-state index in [1.54, 1.807) is 6.20 Å². The zero-order valence-electron chi connectivity index (χ0n) is 18.2. The van der Waals surface area contributed by atoms with Gasteiger partial charge in [0, 0.05) is 24.2 Å². The maximum Gasteiger partial charge on any atom is 0.251 e. The molecule has 1 amide bonds. The molecule has 1 aliphatic rings. The Morgan fingerprint density at radius 1 is 1.23 bits per heavy atom. The van der Waals surface area contributed by atoms with Crippen molar-refractivity contribution in [2.75, 3.05) is 25.0 Å². The van der Waals surface area contributed by atoms with Crippen molar-refractivity contribution in [3.8, 4) is 11.3 Å². The summed E-state index contributed by atoms with van der Waals surface area (Å²) in [6.07, 6.45) is 3.89. The van der Waals surface area contributed by atoms with Crippen molar-refractivity contribution in [1.82, 2.24) is 19.9 Å². The number of anilines is 1. The Hall–Kier alpha value is -2.97. The normalized spacial score (nSPS) is 17.7. The second-order valence-electron chi connectivity index (χ2n) is 8.15. The molecular weight excluding hydrogens is 394 g/mol. The van der Waals surface area contributed by atoms with Gasteiger partial charge in [0.2, 0.25) is 0 Å². The summed E-state index contributed by atoms with van der Waals surface area (Å²) in [5.41, 5.74) is 3.18. The van der Waals surface area contributed by atoms with Crippen LogP contribution in [0.3, 0.4) is 0 Å². The lowest BCUT2D eigenvalue weighted by atomic mass is 10.1. The lowest BCUT2D eigenvalue weighted by Gasteiger charge is -2.17. The van der Waals surface area contributed by atoms with E-state index in [9.17, 15) is 4.79 Å². The average molecular weight is 424 g/mol. The molecule has 164 valence electrons. The molecule has 4 rings (SSSR count). The fourth-order valence-electron chi connectivity index (χ4n) is 3.52. The minimum absolute atomic E-state index is 0.136. The van der Waals surface area contributed by atoms with Gasteiger partial charge in [0.05, 0.1) is 18.5 Å². The summed E-state index contributed by atoms with van der Waals surface area (Å²) in [4.78, 5) is 16.9. The van der Waals surface area contributed by atoms with E-state index >= 15 is 0 Å². The van der Waals surface area contributed by atoms with E-state index in [0.717, 1.165) is 42.1 Å². The molecule has 8 nitrogen and oxygen atoms in total. The largest absolute Gasteiger partial charge is 0.369 e. The molecule has 1 aromatic carbocycles. The number of nitrogens with one attached hydrogen (secondary N) is 2. The molecule has 2 aromatic heterocycles. The third-order valence-corrected chi connectivity index (χ3v) is 5.20. The number of aromatic nitrogens is 3. The summed E-state index contributed by atoms with van der Waals surface area (Å²) in [7, 11) is 0. The van der Waals surface area contributed by atoms with E-state index < -0.39 is 5.79 Å². The minimum atomic E-state index is -0.593. The van der Waals surface area contributed by atoms with Crippen molar-refractivity contribution in [3.05, 3.63) is 48.2 Å². The first kappa shape index (κ1) is 21.3. The lowest BCUT2D eigenvalue weighted by molar-refractivity contribution is -0.137. The fraction of sp³-hybridized carbons (Fsp3) is 0.435. The molecule has 0 aliphatic carbocycles. The molecule has 0 saturated carbocycles. The Balaban J connectivity index is 1.43. The molecule has 8 heteroatoms. The quantitative estimate of drug-likeness (QED) is 0.539. The third kappa shape index (κ3) is 5.03. The number of benzene rings is 1. The van der Waals surface area contributed by atoms with E-state index in [0.29, 0.717) is 18.7 Å². The Morgan fingerprint density at radius 2 is 2.03 bits per heavy atom. The number of nitrogens with zero attached hydrogens (tertiary/aromatic N) is 3. The van der Waals surface area contributed by atoms with Crippen LogP contribution in [0.4, 0.5) is 5.82 Å². The van der Waals surface area contributed by atoms with Gasteiger partial charge in [0.25, 0.3) is 5.91 Å². The summed E-state index contributed by atoms with van der Waals surface area (Å²) >= 11 is 0. The molecule has 1 saturated heterocycles. The maximum atomic E-state index is 12.5. The highest BCUT2D eigenvalue weighted by Gasteiger charge is 2.32. The predicted octanol–water partition coefficient (Wildman–Crippen LogP) is 3.49. The molecule has 31 heavy (non-hydrogen) atoms. The van der Waals surface area contributed by atoms with Gasteiger partial charge in [-0.3, -0.25) is 4.79 Å². The molecule has 3 aromatic rings. The van der Waals surface area contributed by atoms with Gasteiger partial charge in [0.15, 0.2) is 11.4 Å². The first-order valence-electron chi connectivity index (χ1n) is 10.7. The van der Waals surface area contributed by atoms with Crippen molar-refractivity contribution < 1.29 is 14.3 Å². The zero-order valence-corrected chi connectivity index (χ0v) is 18.2. The molecular formula is C23H29N5O3. The van der Waals surface area contributed by atoms with Crippen molar-refractivity contribution in [2.45, 2.75) is 45.5 Å². The maximum absolute atomic E-state index is 12.5. The SMILES string of the molecule is CCCCNc1ccc2ncc(-c3ccc(C(=O)NCC4COC(C)(C)O4)cc3)n2n1. The number of carbonyl (C=O) groups is 1. The van der Waals surface area contributed by atoms with Crippen LogP contribution in [0.2, 0.25) is 0 Å². The van der Waals surface area contributed by atoms with E-state index in [1.165, 1.54) is 0 Å². The molecule has 1 unspecified atom stereocenters. The number of hydrogen-bond donors (Lipinski definition) is 2. The third-order valence-electron chi connectivity index (χ3n) is 5.20. The molecule has 3 heterocycles. The highest BCUT2D eigenvalue weighted by molar-refractivity contribution is 5.94. The fourth-order valence-corrected chi connectivity index (χ4v) is 3.52. The monoisotopic (exact) mass is 423 g/mol. The minimum Gasteiger partial charge on any atom is -0.369 e. The number of unbranched alkanes of at least 4 members (excludes halogenated alkanes) is 1. The van der Waals surface area contributed by atoms with Gasteiger partial charge in [0.1, 0.15) is 11.9 Å². The van der Waals surface area contributed by atoms with Crippen LogP contribution in [0, 0.1) is 0 Å². The molecule has 0 radical (unpaired) electrons. The first-order valence-corrected chi connectivity index (χ1v) is 10.7. The number of carbonyl (C=O) groups excluding carboxylic acids is 1. The van der Waals surface area contributed by atoms with E-state index in [-0.39, 0.29) is 12.0 Å². The number of hydrogen-bond acceptors (Lipinski definition) is 6. The topological polar surface area (TPSA) is 89.8 Å². The molecule has 1 atom stereocenters. The van der Waals surface area contributed by atoms with Crippen LogP contribution in [0.15, 0.2) is 42.6 Å². The van der Waals surface area contributed by atoms with Gasteiger partial charge in [-0.1, -0.05) is 25.5 Å². The van der Waals surface area contributed by atoms with Gasteiger partial charge < -0.3 is 20.1 Å². The molecule has 1 fully saturated rings. The van der Waals surface area contributed by atoms with Crippen LogP contribution in [-0.2, 0) is 9.47 Å². The summed E-state index contributed by atoms with van der Waals surface area (Å²) in [5, 5.41) is 10.9. The number of imidazole rings is 1. The molecule has 2 N–H and O–H groups in total. The van der Waals surface area contributed by atoms with Crippen LogP contribution in [-0.4, -0.2) is 52.1 Å². The van der Waals surface area contributed by atoms with Gasteiger partial charge in [-0.25, -0.2) is 9.50 Å². The van der Waals surface area contributed by atoms with Crippen LogP contribution >= 0.6 is 0 Å². The second kappa shape index (κ2) is 9.03. The smallest absolute Gasteiger partial charge is 0.251 e. The van der Waals surface area contributed by atoms with Gasteiger partial charge in [-0.15, -0.1) is 5.10 Å². The standard InChI is InChI=1S/C23H29N5O3/c1-4-5-12-24-20-10-11-21-25-14-19(28(21)27-20)16-6-8-17(9-7-16)22(29)26-13-18-15-30-23(2,3)31-18/h6-11,14,18H,4-5,12-13,15H2,1-3H3,(H,24,27)(H,26,29). The van der Waals surface area contributed by atoms with Crippen LogP contribution in [0.25, 0.3) is 16.9 Å². The molecule has 0 bridgehead atoms. The first-order chi connectivity index (χ1) is 14.9. The number of fused-ring (bicyclic) bond motifs is 1. The highest BCUT2D eigenvalue weighted by atomic mass is 16.7. The number of ether oxygens (including phenoxy) is 2. The van der Waals surface area contributed by atoms with Gasteiger partial charge >= 0.3 is 0 Å². The molecule has 0 spiro atoms. The Labute approximate surface area is 182 Å². The lowest BCUT2D eigenvalue weighted by Crippen LogP contribution is -2.34.